The molecule has 0 bridgehead atoms. The van der Waals surface area contributed by atoms with Crippen molar-refractivity contribution in [3.8, 4) is 11.5 Å². The van der Waals surface area contributed by atoms with Crippen LogP contribution in [0.2, 0.25) is 0 Å². The number of rotatable bonds is 5. The van der Waals surface area contributed by atoms with E-state index in [1.807, 2.05) is 60.7 Å². The molecule has 0 fully saturated rings. The SMILES string of the molecule is O=C(c1cccc(Oc2ccccc2)c1)N1N=C(c2cccnc2)CC1C1=C(O)CCC=C1. The van der Waals surface area contributed by atoms with E-state index in [1.54, 1.807) is 30.6 Å². The van der Waals surface area contributed by atoms with Crippen molar-refractivity contribution in [3.63, 3.8) is 0 Å². The number of amides is 1. The number of para-hydroxylation sites is 1. The Morgan fingerprint density at radius 1 is 1.03 bits per heavy atom. The molecule has 0 saturated carbocycles. The first-order valence-electron chi connectivity index (χ1n) is 10.9. The summed E-state index contributed by atoms with van der Waals surface area (Å²) in [5.41, 5.74) is 2.81. The van der Waals surface area contributed by atoms with Crippen LogP contribution in [0.15, 0.2) is 108 Å². The third kappa shape index (κ3) is 4.41. The topological polar surface area (TPSA) is 75.0 Å². The molecule has 2 aromatic carbocycles. The van der Waals surface area contributed by atoms with Crippen LogP contribution in [0.1, 0.15) is 35.2 Å². The standard InChI is InChI=1S/C27H23N3O3/c31-26-14-5-4-13-23(26)25-17-24(20-9-7-15-28-18-20)29-30(25)27(32)19-8-6-12-22(16-19)33-21-10-2-1-3-11-21/h1-4,6-13,15-16,18,25,31H,5,14,17H2. The average Bonchev–Trinajstić information content (AvgIpc) is 3.30. The highest BCUT2D eigenvalue weighted by molar-refractivity contribution is 6.05. The number of nitrogens with zero attached hydrogens (tertiary/aromatic N) is 3. The lowest BCUT2D eigenvalue weighted by Gasteiger charge is -2.25. The van der Waals surface area contributed by atoms with Gasteiger partial charge in [-0.05, 0) is 42.8 Å². The average molecular weight is 437 g/mol. The molecule has 0 saturated heterocycles. The monoisotopic (exact) mass is 437 g/mol. The zero-order chi connectivity index (χ0) is 22.6. The van der Waals surface area contributed by atoms with Crippen molar-refractivity contribution < 1.29 is 14.6 Å². The fraction of sp³-hybridized carbons (Fsp3) is 0.148. The quantitative estimate of drug-likeness (QED) is 0.559. The van der Waals surface area contributed by atoms with Crippen molar-refractivity contribution in [2.45, 2.75) is 25.3 Å². The lowest BCUT2D eigenvalue weighted by atomic mass is 9.93. The predicted molar refractivity (Wildman–Crippen MR) is 126 cm³/mol. The molecule has 1 N–H and O–H groups in total. The van der Waals surface area contributed by atoms with Gasteiger partial charge in [0, 0.05) is 41.9 Å². The summed E-state index contributed by atoms with van der Waals surface area (Å²) in [6, 6.07) is 19.9. The smallest absolute Gasteiger partial charge is 0.274 e. The summed E-state index contributed by atoms with van der Waals surface area (Å²) in [7, 11) is 0. The lowest BCUT2D eigenvalue weighted by Crippen LogP contribution is -2.34. The number of carbonyl (C=O) groups excluding carboxylic acids is 1. The molecule has 1 amide bonds. The van der Waals surface area contributed by atoms with Crippen molar-refractivity contribution in [2.75, 3.05) is 0 Å². The van der Waals surface area contributed by atoms with Crippen molar-refractivity contribution in [1.82, 2.24) is 9.99 Å². The normalized spacial score (nSPS) is 17.8. The lowest BCUT2D eigenvalue weighted by molar-refractivity contribution is 0.0734. The maximum atomic E-state index is 13.6. The van der Waals surface area contributed by atoms with E-state index in [2.05, 4.69) is 10.1 Å². The van der Waals surface area contributed by atoms with Crippen LogP contribution in [-0.2, 0) is 0 Å². The van der Waals surface area contributed by atoms with Gasteiger partial charge in [0.05, 0.1) is 17.5 Å². The molecular formula is C27H23N3O3. The van der Waals surface area contributed by atoms with Gasteiger partial charge in [-0.1, -0.05) is 42.5 Å². The second kappa shape index (κ2) is 9.12. The molecule has 1 aromatic heterocycles. The van der Waals surface area contributed by atoms with Gasteiger partial charge in [0.25, 0.3) is 5.91 Å². The number of hydrazone groups is 1. The molecule has 5 rings (SSSR count). The van der Waals surface area contributed by atoms with E-state index >= 15 is 0 Å². The Hall–Kier alpha value is -4.19. The highest BCUT2D eigenvalue weighted by Crippen LogP contribution is 2.32. The van der Waals surface area contributed by atoms with Gasteiger partial charge in [-0.25, -0.2) is 5.01 Å². The summed E-state index contributed by atoms with van der Waals surface area (Å²) in [5, 5.41) is 16.7. The zero-order valence-corrected chi connectivity index (χ0v) is 18.0. The second-order valence-corrected chi connectivity index (χ2v) is 7.94. The number of aliphatic hydroxyl groups is 1. The van der Waals surface area contributed by atoms with Crippen LogP contribution in [0.5, 0.6) is 11.5 Å². The van der Waals surface area contributed by atoms with Crippen LogP contribution in [0, 0.1) is 0 Å². The Morgan fingerprint density at radius 3 is 2.67 bits per heavy atom. The van der Waals surface area contributed by atoms with E-state index < -0.39 is 0 Å². The first-order valence-corrected chi connectivity index (χ1v) is 10.9. The second-order valence-electron chi connectivity index (χ2n) is 7.94. The maximum absolute atomic E-state index is 13.6. The first kappa shape index (κ1) is 20.7. The van der Waals surface area contributed by atoms with E-state index in [1.165, 1.54) is 5.01 Å². The molecule has 164 valence electrons. The summed E-state index contributed by atoms with van der Waals surface area (Å²) >= 11 is 0. The minimum Gasteiger partial charge on any atom is -0.512 e. The van der Waals surface area contributed by atoms with E-state index in [0.29, 0.717) is 35.7 Å². The van der Waals surface area contributed by atoms with Gasteiger partial charge in [0.15, 0.2) is 0 Å². The molecule has 1 atom stereocenters. The van der Waals surface area contributed by atoms with E-state index in [9.17, 15) is 9.90 Å². The zero-order valence-electron chi connectivity index (χ0n) is 18.0. The summed E-state index contributed by atoms with van der Waals surface area (Å²) in [6.45, 7) is 0. The highest BCUT2D eigenvalue weighted by atomic mass is 16.5. The molecule has 1 aliphatic heterocycles. The number of aromatic nitrogens is 1. The number of allylic oxidation sites excluding steroid dienone is 2. The van der Waals surface area contributed by atoms with Gasteiger partial charge >= 0.3 is 0 Å². The van der Waals surface area contributed by atoms with Crippen LogP contribution < -0.4 is 4.74 Å². The Bertz CT molecular complexity index is 1250. The van der Waals surface area contributed by atoms with Crippen molar-refractivity contribution in [1.29, 1.82) is 0 Å². The van der Waals surface area contributed by atoms with Crippen LogP contribution >= 0.6 is 0 Å². The first-order chi connectivity index (χ1) is 16.2. The Labute approximate surface area is 192 Å². The van der Waals surface area contributed by atoms with Gasteiger partial charge in [-0.2, -0.15) is 5.10 Å². The molecular weight excluding hydrogens is 414 g/mol. The molecule has 0 spiro atoms. The minimum absolute atomic E-state index is 0.253. The molecule has 1 unspecified atom stereocenters. The van der Waals surface area contributed by atoms with Gasteiger partial charge in [0.1, 0.15) is 11.5 Å². The van der Waals surface area contributed by atoms with Crippen molar-refractivity contribution in [2.24, 2.45) is 5.10 Å². The molecule has 6 nitrogen and oxygen atoms in total. The third-order valence-electron chi connectivity index (χ3n) is 5.71. The number of carbonyl (C=O) groups is 1. The van der Waals surface area contributed by atoms with E-state index in [-0.39, 0.29) is 11.9 Å². The summed E-state index contributed by atoms with van der Waals surface area (Å²) < 4.78 is 5.91. The molecule has 0 radical (unpaired) electrons. The fourth-order valence-electron chi connectivity index (χ4n) is 4.07. The predicted octanol–water partition coefficient (Wildman–Crippen LogP) is 5.65. The molecule has 2 heterocycles. The Balaban J connectivity index is 1.48. The largest absolute Gasteiger partial charge is 0.512 e. The summed E-state index contributed by atoms with van der Waals surface area (Å²) in [5.74, 6) is 1.32. The highest BCUT2D eigenvalue weighted by Gasteiger charge is 2.36. The number of pyridine rings is 1. The fourth-order valence-corrected chi connectivity index (χ4v) is 4.07. The number of benzene rings is 2. The van der Waals surface area contributed by atoms with Crippen LogP contribution in [0.25, 0.3) is 0 Å². The van der Waals surface area contributed by atoms with Crippen LogP contribution in [-0.4, -0.2) is 32.8 Å². The number of ether oxygens (including phenoxy) is 1. The minimum atomic E-state index is -0.386. The van der Waals surface area contributed by atoms with Crippen molar-refractivity contribution in [3.05, 3.63) is 114 Å². The van der Waals surface area contributed by atoms with Crippen LogP contribution in [0.4, 0.5) is 0 Å². The Kier molecular flexibility index (Phi) is 5.72. The van der Waals surface area contributed by atoms with E-state index in [0.717, 1.165) is 23.3 Å². The number of aliphatic hydroxyl groups excluding tert-OH is 1. The van der Waals surface area contributed by atoms with Crippen molar-refractivity contribution >= 4 is 11.6 Å². The molecule has 2 aliphatic rings. The van der Waals surface area contributed by atoms with Gasteiger partial charge in [-0.3, -0.25) is 9.78 Å². The summed E-state index contributed by atoms with van der Waals surface area (Å²) in [6.07, 6.45) is 9.22. The van der Waals surface area contributed by atoms with Gasteiger partial charge < -0.3 is 9.84 Å². The molecule has 6 heteroatoms. The molecule has 1 aliphatic carbocycles. The van der Waals surface area contributed by atoms with Gasteiger partial charge in [-0.15, -0.1) is 0 Å². The number of hydrogen-bond acceptors (Lipinski definition) is 5. The maximum Gasteiger partial charge on any atom is 0.274 e. The number of hydrogen-bond donors (Lipinski definition) is 1. The Morgan fingerprint density at radius 2 is 1.88 bits per heavy atom. The summed E-state index contributed by atoms with van der Waals surface area (Å²) in [4.78, 5) is 17.8. The van der Waals surface area contributed by atoms with E-state index in [4.69, 9.17) is 4.74 Å². The third-order valence-corrected chi connectivity index (χ3v) is 5.71. The van der Waals surface area contributed by atoms with Crippen LogP contribution in [0.3, 0.4) is 0 Å². The molecule has 33 heavy (non-hydrogen) atoms. The van der Waals surface area contributed by atoms with Gasteiger partial charge in [0.2, 0.25) is 0 Å². The molecule has 3 aromatic rings.